The zero-order chi connectivity index (χ0) is 14.8. The molecular formula is C15H20N2O2S. The second kappa shape index (κ2) is 5.81. The average Bonchev–Trinajstić information content (AvgIpc) is 3.04. The lowest BCUT2D eigenvalue weighted by molar-refractivity contribution is 0.0518. The molecule has 0 spiro atoms. The molecule has 0 aromatic carbocycles. The van der Waals surface area contributed by atoms with Gasteiger partial charge < -0.3 is 15.4 Å². The maximum Gasteiger partial charge on any atom is 0.253 e. The Balaban J connectivity index is 2.14. The number of aryl methyl sites for hydroxylation is 1. The van der Waals surface area contributed by atoms with Crippen LogP contribution in [-0.4, -0.2) is 28.1 Å². The van der Waals surface area contributed by atoms with Crippen LogP contribution in [0.1, 0.15) is 35.5 Å². The van der Waals surface area contributed by atoms with Gasteiger partial charge in [-0.05, 0) is 32.4 Å². The van der Waals surface area contributed by atoms with Crippen molar-refractivity contribution in [3.8, 4) is 10.4 Å². The Hall–Kier alpha value is -1.59. The van der Waals surface area contributed by atoms with Gasteiger partial charge in [-0.1, -0.05) is 6.92 Å². The lowest BCUT2D eigenvalue weighted by Gasteiger charge is -2.21. The summed E-state index contributed by atoms with van der Waals surface area (Å²) >= 11 is 1.66. The second-order valence-electron chi connectivity index (χ2n) is 5.23. The van der Waals surface area contributed by atoms with Crippen LogP contribution in [0.4, 0.5) is 0 Å². The van der Waals surface area contributed by atoms with Gasteiger partial charge in [-0.25, -0.2) is 0 Å². The standard InChI is InChI=1S/C15H20N2O2S/c1-4-15(3,19)9-17-14(18)12-8-16-7-11(12)13-6-5-10(2)20-13/h5-8,16,19H,4,9H2,1-3H3,(H,17,18). The highest BCUT2D eigenvalue weighted by Gasteiger charge is 2.21. The molecule has 1 unspecified atom stereocenters. The van der Waals surface area contributed by atoms with Crippen LogP contribution in [0.2, 0.25) is 0 Å². The van der Waals surface area contributed by atoms with Crippen molar-refractivity contribution in [2.24, 2.45) is 0 Å². The first-order valence-electron chi connectivity index (χ1n) is 6.67. The van der Waals surface area contributed by atoms with E-state index < -0.39 is 5.60 Å². The van der Waals surface area contributed by atoms with Gasteiger partial charge in [0.25, 0.3) is 5.91 Å². The van der Waals surface area contributed by atoms with Crippen molar-refractivity contribution in [1.82, 2.24) is 10.3 Å². The van der Waals surface area contributed by atoms with Crippen molar-refractivity contribution in [3.63, 3.8) is 0 Å². The number of H-pyrrole nitrogens is 1. The Kier molecular flexibility index (Phi) is 4.30. The number of aromatic nitrogens is 1. The summed E-state index contributed by atoms with van der Waals surface area (Å²) in [7, 11) is 0. The van der Waals surface area contributed by atoms with Crippen LogP contribution in [0, 0.1) is 6.92 Å². The predicted molar refractivity (Wildman–Crippen MR) is 82.1 cm³/mol. The van der Waals surface area contributed by atoms with E-state index in [9.17, 15) is 9.90 Å². The van der Waals surface area contributed by atoms with Crippen LogP contribution < -0.4 is 5.32 Å². The molecule has 5 heteroatoms. The minimum Gasteiger partial charge on any atom is -0.388 e. The topological polar surface area (TPSA) is 65.1 Å². The van der Waals surface area contributed by atoms with E-state index in [4.69, 9.17) is 0 Å². The highest BCUT2D eigenvalue weighted by atomic mass is 32.1. The molecule has 3 N–H and O–H groups in total. The van der Waals surface area contributed by atoms with Crippen LogP contribution in [0.15, 0.2) is 24.5 Å². The van der Waals surface area contributed by atoms with Crippen LogP contribution >= 0.6 is 11.3 Å². The van der Waals surface area contributed by atoms with Crippen molar-refractivity contribution < 1.29 is 9.90 Å². The van der Waals surface area contributed by atoms with Crippen LogP contribution in [0.3, 0.4) is 0 Å². The van der Waals surface area contributed by atoms with E-state index in [2.05, 4.69) is 10.3 Å². The molecule has 1 atom stereocenters. The van der Waals surface area contributed by atoms with Gasteiger partial charge in [0.15, 0.2) is 0 Å². The molecule has 0 aliphatic rings. The molecule has 1 amide bonds. The third-order valence-corrected chi connectivity index (χ3v) is 4.42. The van der Waals surface area contributed by atoms with Crippen molar-refractivity contribution in [2.75, 3.05) is 6.54 Å². The summed E-state index contributed by atoms with van der Waals surface area (Å²) in [5.41, 5.74) is 0.640. The maximum absolute atomic E-state index is 12.2. The SMILES string of the molecule is CCC(C)(O)CNC(=O)c1c[nH]cc1-c1ccc(C)s1. The van der Waals surface area contributed by atoms with E-state index in [1.807, 2.05) is 32.2 Å². The second-order valence-corrected chi connectivity index (χ2v) is 6.51. The van der Waals surface area contributed by atoms with Gasteiger partial charge in [-0.15, -0.1) is 11.3 Å². The minimum atomic E-state index is -0.869. The number of thiophene rings is 1. The Morgan fingerprint density at radius 3 is 2.80 bits per heavy atom. The monoisotopic (exact) mass is 292 g/mol. The Labute approximate surface area is 122 Å². The molecule has 2 aromatic heterocycles. The molecule has 2 aromatic rings. The quantitative estimate of drug-likeness (QED) is 0.793. The zero-order valence-electron chi connectivity index (χ0n) is 12.0. The summed E-state index contributed by atoms with van der Waals surface area (Å²) in [6.45, 7) is 5.89. The van der Waals surface area contributed by atoms with E-state index in [0.717, 1.165) is 10.4 Å². The van der Waals surface area contributed by atoms with Gasteiger partial charge in [0, 0.05) is 34.3 Å². The number of aromatic amines is 1. The number of rotatable bonds is 5. The normalized spacial score (nSPS) is 14.0. The molecule has 108 valence electrons. The third-order valence-electron chi connectivity index (χ3n) is 3.39. The molecule has 0 saturated carbocycles. The number of amides is 1. The average molecular weight is 292 g/mol. The molecule has 4 nitrogen and oxygen atoms in total. The van der Waals surface area contributed by atoms with Gasteiger partial charge in [0.1, 0.15) is 0 Å². The minimum absolute atomic E-state index is 0.166. The lowest BCUT2D eigenvalue weighted by atomic mass is 10.0. The summed E-state index contributed by atoms with van der Waals surface area (Å²) in [5.74, 6) is -0.166. The fraction of sp³-hybridized carbons (Fsp3) is 0.400. The summed E-state index contributed by atoms with van der Waals surface area (Å²) in [6.07, 6.45) is 4.12. The van der Waals surface area contributed by atoms with E-state index in [-0.39, 0.29) is 12.5 Å². The Morgan fingerprint density at radius 2 is 2.20 bits per heavy atom. The molecule has 0 aliphatic carbocycles. The highest BCUT2D eigenvalue weighted by Crippen LogP contribution is 2.30. The molecular weight excluding hydrogens is 272 g/mol. The maximum atomic E-state index is 12.2. The van der Waals surface area contributed by atoms with Crippen molar-refractivity contribution in [2.45, 2.75) is 32.8 Å². The van der Waals surface area contributed by atoms with E-state index in [1.54, 1.807) is 24.5 Å². The molecule has 20 heavy (non-hydrogen) atoms. The van der Waals surface area contributed by atoms with Crippen molar-refractivity contribution in [1.29, 1.82) is 0 Å². The summed E-state index contributed by atoms with van der Waals surface area (Å²) in [6, 6.07) is 4.05. The van der Waals surface area contributed by atoms with Gasteiger partial charge in [-0.3, -0.25) is 4.79 Å². The first-order chi connectivity index (χ1) is 9.43. The van der Waals surface area contributed by atoms with E-state index in [0.29, 0.717) is 12.0 Å². The molecule has 0 radical (unpaired) electrons. The van der Waals surface area contributed by atoms with Gasteiger partial charge in [0.2, 0.25) is 0 Å². The van der Waals surface area contributed by atoms with Crippen LogP contribution in [0.25, 0.3) is 10.4 Å². The van der Waals surface area contributed by atoms with Crippen LogP contribution in [-0.2, 0) is 0 Å². The van der Waals surface area contributed by atoms with Crippen LogP contribution in [0.5, 0.6) is 0 Å². The van der Waals surface area contributed by atoms with Crippen molar-refractivity contribution >= 4 is 17.2 Å². The molecule has 2 heterocycles. The van der Waals surface area contributed by atoms with Gasteiger partial charge in [-0.2, -0.15) is 0 Å². The number of nitrogens with one attached hydrogen (secondary N) is 2. The summed E-state index contributed by atoms with van der Waals surface area (Å²) in [4.78, 5) is 17.5. The number of aliphatic hydroxyl groups is 1. The molecule has 0 aliphatic heterocycles. The van der Waals surface area contributed by atoms with Crippen molar-refractivity contribution in [3.05, 3.63) is 35.0 Å². The fourth-order valence-corrected chi connectivity index (χ4v) is 2.72. The number of hydrogen-bond acceptors (Lipinski definition) is 3. The predicted octanol–water partition coefficient (Wildman–Crippen LogP) is 2.94. The molecule has 0 saturated heterocycles. The number of carbonyl (C=O) groups is 1. The molecule has 2 rings (SSSR count). The highest BCUT2D eigenvalue weighted by molar-refractivity contribution is 7.15. The number of hydrogen-bond donors (Lipinski definition) is 3. The zero-order valence-corrected chi connectivity index (χ0v) is 12.8. The lowest BCUT2D eigenvalue weighted by Crippen LogP contribution is -2.40. The van der Waals surface area contributed by atoms with Gasteiger partial charge in [0.05, 0.1) is 11.2 Å². The molecule has 0 fully saturated rings. The smallest absolute Gasteiger partial charge is 0.253 e. The third kappa shape index (κ3) is 3.29. The van der Waals surface area contributed by atoms with E-state index in [1.165, 1.54) is 4.88 Å². The van der Waals surface area contributed by atoms with Gasteiger partial charge >= 0.3 is 0 Å². The largest absolute Gasteiger partial charge is 0.388 e. The summed E-state index contributed by atoms with van der Waals surface area (Å²) < 4.78 is 0. The summed E-state index contributed by atoms with van der Waals surface area (Å²) in [5, 5.41) is 12.7. The van der Waals surface area contributed by atoms with E-state index >= 15 is 0 Å². The number of carbonyl (C=O) groups excluding carboxylic acids is 1. The Morgan fingerprint density at radius 1 is 1.45 bits per heavy atom. The fourth-order valence-electron chi connectivity index (χ4n) is 1.83. The Bertz CT molecular complexity index is 599. The first kappa shape index (κ1) is 14.8. The molecule has 0 bridgehead atoms. The first-order valence-corrected chi connectivity index (χ1v) is 7.49.